The summed E-state index contributed by atoms with van der Waals surface area (Å²) in [4.78, 5) is 6.91. The van der Waals surface area contributed by atoms with Gasteiger partial charge in [0.25, 0.3) is 0 Å². The molecule has 1 N–H and O–H groups in total. The van der Waals surface area contributed by atoms with Crippen LogP contribution >= 0.6 is 0 Å². The predicted octanol–water partition coefficient (Wildman–Crippen LogP) is 3.87. The third kappa shape index (κ3) is 6.14. The van der Waals surface area contributed by atoms with Crippen molar-refractivity contribution in [2.75, 3.05) is 13.1 Å². The van der Waals surface area contributed by atoms with Crippen molar-refractivity contribution in [2.45, 2.75) is 19.6 Å². The Labute approximate surface area is 150 Å². The van der Waals surface area contributed by atoms with Crippen molar-refractivity contribution in [3.63, 3.8) is 0 Å². The van der Waals surface area contributed by atoms with Gasteiger partial charge >= 0.3 is 0 Å². The van der Waals surface area contributed by atoms with Gasteiger partial charge < -0.3 is 5.32 Å². The van der Waals surface area contributed by atoms with Gasteiger partial charge in [-0.2, -0.15) is 0 Å². The molecule has 25 heavy (non-hydrogen) atoms. The Kier molecular flexibility index (Phi) is 6.74. The fourth-order valence-electron chi connectivity index (χ4n) is 2.84. The molecule has 3 heteroatoms. The van der Waals surface area contributed by atoms with Gasteiger partial charge in [0.15, 0.2) is 0 Å². The van der Waals surface area contributed by atoms with Crippen LogP contribution in [0.3, 0.4) is 0 Å². The van der Waals surface area contributed by atoms with Gasteiger partial charge in [-0.05, 0) is 23.3 Å². The molecule has 0 aliphatic carbocycles. The molecule has 0 fully saturated rings. The molecule has 128 valence electrons. The quantitative estimate of drug-likeness (QED) is 0.603. The molecule has 0 unspecified atom stereocenters. The van der Waals surface area contributed by atoms with Gasteiger partial charge in [-0.1, -0.05) is 66.7 Å². The molecule has 3 rings (SSSR count). The summed E-state index contributed by atoms with van der Waals surface area (Å²) in [5, 5.41) is 3.54. The van der Waals surface area contributed by atoms with Crippen LogP contribution in [0.2, 0.25) is 0 Å². The number of nitrogens with one attached hydrogen (secondary N) is 1. The van der Waals surface area contributed by atoms with Crippen LogP contribution in [0.5, 0.6) is 0 Å². The third-order valence-electron chi connectivity index (χ3n) is 4.14. The summed E-state index contributed by atoms with van der Waals surface area (Å²) in [5.74, 6) is 0. The molecule has 2 aromatic carbocycles. The number of rotatable bonds is 9. The van der Waals surface area contributed by atoms with Gasteiger partial charge in [0.2, 0.25) is 0 Å². The average Bonchev–Trinajstić information content (AvgIpc) is 2.67. The van der Waals surface area contributed by atoms with Crippen LogP contribution in [0, 0.1) is 0 Å². The first-order valence-corrected chi connectivity index (χ1v) is 8.81. The molecule has 0 radical (unpaired) electrons. The minimum Gasteiger partial charge on any atom is -0.311 e. The van der Waals surface area contributed by atoms with E-state index >= 15 is 0 Å². The summed E-state index contributed by atoms with van der Waals surface area (Å²) in [6.45, 7) is 4.64. The third-order valence-corrected chi connectivity index (χ3v) is 4.14. The first kappa shape index (κ1) is 17.3. The number of pyridine rings is 1. The summed E-state index contributed by atoms with van der Waals surface area (Å²) in [6.07, 6.45) is 1.86. The second kappa shape index (κ2) is 9.72. The van der Waals surface area contributed by atoms with Gasteiger partial charge in [0.05, 0.1) is 5.69 Å². The maximum atomic E-state index is 4.47. The molecular weight excluding hydrogens is 306 g/mol. The highest BCUT2D eigenvalue weighted by atomic mass is 15.1. The first-order valence-electron chi connectivity index (χ1n) is 8.81. The Morgan fingerprint density at radius 3 is 2.08 bits per heavy atom. The lowest BCUT2D eigenvalue weighted by Crippen LogP contribution is -2.31. The van der Waals surface area contributed by atoms with E-state index in [1.54, 1.807) is 0 Å². The fourth-order valence-corrected chi connectivity index (χ4v) is 2.84. The smallest absolute Gasteiger partial charge is 0.0544 e. The van der Waals surface area contributed by atoms with Crippen molar-refractivity contribution in [1.29, 1.82) is 0 Å². The van der Waals surface area contributed by atoms with E-state index in [0.717, 1.165) is 38.4 Å². The second-order valence-corrected chi connectivity index (χ2v) is 6.18. The van der Waals surface area contributed by atoms with E-state index in [1.165, 1.54) is 11.1 Å². The van der Waals surface area contributed by atoms with Crippen LogP contribution in [0.4, 0.5) is 0 Å². The van der Waals surface area contributed by atoms with Crippen LogP contribution < -0.4 is 5.32 Å². The zero-order valence-electron chi connectivity index (χ0n) is 14.5. The highest BCUT2D eigenvalue weighted by molar-refractivity contribution is 5.15. The van der Waals surface area contributed by atoms with E-state index in [9.17, 15) is 0 Å². The number of nitrogens with zero attached hydrogens (tertiary/aromatic N) is 2. The minimum absolute atomic E-state index is 0.864. The number of aromatic nitrogens is 1. The number of hydrogen-bond acceptors (Lipinski definition) is 3. The predicted molar refractivity (Wildman–Crippen MR) is 103 cm³/mol. The van der Waals surface area contributed by atoms with E-state index in [4.69, 9.17) is 0 Å². The molecule has 0 saturated carbocycles. The van der Waals surface area contributed by atoms with Crippen molar-refractivity contribution in [3.05, 3.63) is 102 Å². The van der Waals surface area contributed by atoms with Crippen LogP contribution in [0.15, 0.2) is 85.1 Å². The van der Waals surface area contributed by atoms with Gasteiger partial charge in [0, 0.05) is 38.9 Å². The number of benzene rings is 2. The van der Waals surface area contributed by atoms with Gasteiger partial charge in [-0.15, -0.1) is 0 Å². The molecule has 0 spiro atoms. The van der Waals surface area contributed by atoms with Crippen LogP contribution in [0.25, 0.3) is 0 Å². The highest BCUT2D eigenvalue weighted by Gasteiger charge is 2.07. The average molecular weight is 331 g/mol. The van der Waals surface area contributed by atoms with E-state index in [0.29, 0.717) is 0 Å². The lowest BCUT2D eigenvalue weighted by molar-refractivity contribution is 0.253. The Balaban J connectivity index is 1.54. The summed E-state index contributed by atoms with van der Waals surface area (Å²) in [5.41, 5.74) is 3.77. The summed E-state index contributed by atoms with van der Waals surface area (Å²) >= 11 is 0. The molecule has 0 atom stereocenters. The standard InChI is InChI=1S/C22H25N3/c1-3-9-20(10-4-1)17-23-15-16-25(18-21-11-5-2-6-12-21)19-22-13-7-8-14-24-22/h1-14,23H,15-19H2. The topological polar surface area (TPSA) is 28.2 Å². The van der Waals surface area contributed by atoms with E-state index < -0.39 is 0 Å². The SMILES string of the molecule is c1ccc(CNCCN(Cc2ccccc2)Cc2ccccn2)cc1. The van der Waals surface area contributed by atoms with E-state index in [-0.39, 0.29) is 0 Å². The van der Waals surface area contributed by atoms with Crippen molar-refractivity contribution in [3.8, 4) is 0 Å². The molecule has 0 aliphatic rings. The molecule has 1 heterocycles. The Morgan fingerprint density at radius 2 is 1.40 bits per heavy atom. The van der Waals surface area contributed by atoms with Crippen molar-refractivity contribution >= 4 is 0 Å². The first-order chi connectivity index (χ1) is 12.4. The summed E-state index contributed by atoms with van der Waals surface area (Å²) in [6, 6.07) is 27.3. The van der Waals surface area contributed by atoms with E-state index in [2.05, 4.69) is 88.0 Å². The second-order valence-electron chi connectivity index (χ2n) is 6.18. The Morgan fingerprint density at radius 1 is 0.720 bits per heavy atom. The molecule has 0 saturated heterocycles. The molecule has 3 nitrogen and oxygen atoms in total. The minimum atomic E-state index is 0.864. The number of hydrogen-bond donors (Lipinski definition) is 1. The van der Waals surface area contributed by atoms with Gasteiger partial charge in [-0.3, -0.25) is 9.88 Å². The van der Waals surface area contributed by atoms with Gasteiger partial charge in [0.1, 0.15) is 0 Å². The molecule has 1 aromatic heterocycles. The summed E-state index contributed by atoms with van der Waals surface area (Å²) in [7, 11) is 0. The van der Waals surface area contributed by atoms with E-state index in [1.807, 2.05) is 12.3 Å². The highest BCUT2D eigenvalue weighted by Crippen LogP contribution is 2.08. The molecular formula is C22H25N3. The van der Waals surface area contributed by atoms with Crippen molar-refractivity contribution < 1.29 is 0 Å². The molecule has 0 bridgehead atoms. The lowest BCUT2D eigenvalue weighted by atomic mass is 10.2. The zero-order chi connectivity index (χ0) is 17.2. The molecule has 0 amide bonds. The largest absolute Gasteiger partial charge is 0.311 e. The lowest BCUT2D eigenvalue weighted by Gasteiger charge is -2.22. The Hall–Kier alpha value is -2.49. The normalized spacial score (nSPS) is 10.9. The molecule has 3 aromatic rings. The van der Waals surface area contributed by atoms with Crippen molar-refractivity contribution in [1.82, 2.24) is 15.2 Å². The Bertz CT molecular complexity index is 673. The van der Waals surface area contributed by atoms with Crippen LogP contribution in [-0.4, -0.2) is 23.0 Å². The molecule has 0 aliphatic heterocycles. The maximum absolute atomic E-state index is 4.47. The summed E-state index contributed by atoms with van der Waals surface area (Å²) < 4.78 is 0. The van der Waals surface area contributed by atoms with Gasteiger partial charge in [-0.25, -0.2) is 0 Å². The maximum Gasteiger partial charge on any atom is 0.0544 e. The zero-order valence-corrected chi connectivity index (χ0v) is 14.5. The van der Waals surface area contributed by atoms with Crippen LogP contribution in [-0.2, 0) is 19.6 Å². The van der Waals surface area contributed by atoms with Crippen molar-refractivity contribution in [2.24, 2.45) is 0 Å². The monoisotopic (exact) mass is 331 g/mol. The fraction of sp³-hybridized carbons (Fsp3) is 0.227. The van der Waals surface area contributed by atoms with Crippen LogP contribution in [0.1, 0.15) is 16.8 Å².